The first kappa shape index (κ1) is 14.2. The third-order valence-electron chi connectivity index (χ3n) is 3.16. The second kappa shape index (κ2) is 5.94. The molecule has 3 heterocycles. The van der Waals surface area contributed by atoms with Crippen molar-refractivity contribution >= 4 is 0 Å². The third-order valence-corrected chi connectivity index (χ3v) is 3.16. The topological polar surface area (TPSA) is 98.8 Å². The maximum Gasteiger partial charge on any atom is 0.259 e. The average molecular weight is 301 g/mol. The van der Waals surface area contributed by atoms with Crippen LogP contribution in [0.3, 0.4) is 0 Å². The summed E-state index contributed by atoms with van der Waals surface area (Å²) in [7, 11) is 1.84. The van der Waals surface area contributed by atoms with Crippen molar-refractivity contribution in [1.29, 1.82) is 0 Å². The zero-order valence-corrected chi connectivity index (χ0v) is 12.2. The highest BCUT2D eigenvalue weighted by molar-refractivity contribution is 5.52. The van der Waals surface area contributed by atoms with Crippen LogP contribution in [0.2, 0.25) is 0 Å². The Morgan fingerprint density at radius 2 is 2.18 bits per heavy atom. The molecule has 114 valence electrons. The summed E-state index contributed by atoms with van der Waals surface area (Å²) >= 11 is 0. The van der Waals surface area contributed by atoms with Crippen LogP contribution in [0.1, 0.15) is 17.3 Å². The molecular formula is C14H15N5O3. The summed E-state index contributed by atoms with van der Waals surface area (Å²) in [4.78, 5) is 18.7. The van der Waals surface area contributed by atoms with Gasteiger partial charge in [0.15, 0.2) is 0 Å². The fourth-order valence-electron chi connectivity index (χ4n) is 1.96. The molecule has 3 aromatic rings. The Balaban J connectivity index is 1.66. The Morgan fingerprint density at radius 3 is 2.91 bits per heavy atom. The molecule has 8 heteroatoms. The van der Waals surface area contributed by atoms with Gasteiger partial charge in [-0.3, -0.25) is 9.48 Å². The number of aryl methyl sites for hydroxylation is 2. The molecule has 0 aliphatic heterocycles. The zero-order chi connectivity index (χ0) is 15.5. The highest BCUT2D eigenvalue weighted by atomic mass is 16.5. The molecule has 0 fully saturated rings. The second-order valence-electron chi connectivity index (χ2n) is 4.83. The normalized spacial score (nSPS) is 11.0. The SMILES string of the molecule is Cc1ccc(-c2noc(COCc3ccnn3C)n2)c(=O)[nH]1. The number of nitrogens with one attached hydrogen (secondary N) is 1. The molecule has 3 rings (SSSR count). The number of H-pyrrole nitrogens is 1. The molecule has 0 spiro atoms. The van der Waals surface area contributed by atoms with Gasteiger partial charge in [0.25, 0.3) is 11.4 Å². The Morgan fingerprint density at radius 1 is 1.32 bits per heavy atom. The van der Waals surface area contributed by atoms with E-state index in [-0.39, 0.29) is 18.0 Å². The molecule has 0 aliphatic carbocycles. The summed E-state index contributed by atoms with van der Waals surface area (Å²) in [6, 6.07) is 5.32. The quantitative estimate of drug-likeness (QED) is 0.760. The van der Waals surface area contributed by atoms with Crippen LogP contribution in [-0.4, -0.2) is 24.9 Å². The lowest BCUT2D eigenvalue weighted by Gasteiger charge is -2.01. The number of aromatic amines is 1. The molecular weight excluding hydrogens is 286 g/mol. The molecule has 0 saturated heterocycles. The number of hydrogen-bond acceptors (Lipinski definition) is 6. The summed E-state index contributed by atoms with van der Waals surface area (Å²) in [6.45, 7) is 2.36. The van der Waals surface area contributed by atoms with Crippen LogP contribution in [0.15, 0.2) is 33.7 Å². The molecule has 0 amide bonds. The Hall–Kier alpha value is -2.74. The molecule has 0 bridgehead atoms. The van der Waals surface area contributed by atoms with Crippen LogP contribution in [0.25, 0.3) is 11.4 Å². The summed E-state index contributed by atoms with van der Waals surface area (Å²) in [5.41, 5.74) is 1.84. The second-order valence-corrected chi connectivity index (χ2v) is 4.83. The molecule has 0 radical (unpaired) electrons. The molecule has 0 saturated carbocycles. The maximum absolute atomic E-state index is 11.8. The van der Waals surface area contributed by atoms with E-state index in [0.717, 1.165) is 11.4 Å². The molecule has 0 unspecified atom stereocenters. The van der Waals surface area contributed by atoms with Gasteiger partial charge in [0.05, 0.1) is 17.9 Å². The molecule has 1 N–H and O–H groups in total. The van der Waals surface area contributed by atoms with Crippen LogP contribution < -0.4 is 5.56 Å². The number of nitrogens with zero attached hydrogens (tertiary/aromatic N) is 4. The predicted molar refractivity (Wildman–Crippen MR) is 76.8 cm³/mol. The van der Waals surface area contributed by atoms with E-state index in [1.54, 1.807) is 29.9 Å². The van der Waals surface area contributed by atoms with Gasteiger partial charge in [0.1, 0.15) is 6.61 Å². The lowest BCUT2D eigenvalue weighted by Crippen LogP contribution is -2.10. The molecule has 3 aromatic heterocycles. The minimum atomic E-state index is -0.247. The fraction of sp³-hybridized carbons (Fsp3) is 0.286. The summed E-state index contributed by atoms with van der Waals surface area (Å²) < 4.78 is 12.3. The number of rotatable bonds is 5. The van der Waals surface area contributed by atoms with Gasteiger partial charge in [0.2, 0.25) is 5.82 Å². The van der Waals surface area contributed by atoms with Crippen LogP contribution >= 0.6 is 0 Å². The van der Waals surface area contributed by atoms with Crippen LogP contribution in [0, 0.1) is 6.92 Å². The lowest BCUT2D eigenvalue weighted by atomic mass is 10.2. The van der Waals surface area contributed by atoms with E-state index in [9.17, 15) is 4.79 Å². The van der Waals surface area contributed by atoms with E-state index in [1.165, 1.54) is 0 Å². The minimum absolute atomic E-state index is 0.169. The highest BCUT2D eigenvalue weighted by Gasteiger charge is 2.12. The van der Waals surface area contributed by atoms with Gasteiger partial charge in [-0.1, -0.05) is 5.16 Å². The van der Waals surface area contributed by atoms with Crippen molar-refractivity contribution < 1.29 is 9.26 Å². The van der Waals surface area contributed by atoms with Crippen molar-refractivity contribution in [1.82, 2.24) is 24.9 Å². The number of hydrogen-bond donors (Lipinski definition) is 1. The van der Waals surface area contributed by atoms with Crippen molar-refractivity contribution in [3.8, 4) is 11.4 Å². The molecule has 22 heavy (non-hydrogen) atoms. The average Bonchev–Trinajstić information content (AvgIpc) is 3.09. The van der Waals surface area contributed by atoms with Crippen molar-refractivity contribution in [2.45, 2.75) is 20.1 Å². The van der Waals surface area contributed by atoms with Gasteiger partial charge in [-0.25, -0.2) is 0 Å². The van der Waals surface area contributed by atoms with E-state index in [1.807, 2.05) is 13.1 Å². The lowest BCUT2D eigenvalue weighted by molar-refractivity contribution is 0.0808. The van der Waals surface area contributed by atoms with Crippen LogP contribution in [-0.2, 0) is 25.0 Å². The van der Waals surface area contributed by atoms with E-state index < -0.39 is 0 Å². The summed E-state index contributed by atoms with van der Waals surface area (Å²) in [5, 5.41) is 7.86. The largest absolute Gasteiger partial charge is 0.365 e. The van der Waals surface area contributed by atoms with Gasteiger partial charge in [-0.15, -0.1) is 0 Å². The first-order valence-corrected chi connectivity index (χ1v) is 6.71. The Labute approximate surface area is 125 Å². The third kappa shape index (κ3) is 2.96. The van der Waals surface area contributed by atoms with E-state index in [4.69, 9.17) is 9.26 Å². The van der Waals surface area contributed by atoms with Gasteiger partial charge in [0, 0.05) is 18.9 Å². The number of aromatic nitrogens is 5. The first-order chi connectivity index (χ1) is 10.6. The van der Waals surface area contributed by atoms with Crippen LogP contribution in [0.4, 0.5) is 0 Å². The number of pyridine rings is 1. The number of ether oxygens (including phenoxy) is 1. The van der Waals surface area contributed by atoms with Crippen molar-refractivity contribution in [3.63, 3.8) is 0 Å². The standard InChI is InChI=1S/C14H15N5O3/c1-9-3-4-11(14(20)16-9)13-17-12(22-18-13)8-21-7-10-5-6-15-19(10)2/h3-6H,7-8H2,1-2H3,(H,16,20). The maximum atomic E-state index is 11.8. The van der Waals surface area contributed by atoms with Gasteiger partial charge in [-0.2, -0.15) is 10.1 Å². The fourth-order valence-corrected chi connectivity index (χ4v) is 1.96. The summed E-state index contributed by atoms with van der Waals surface area (Å²) in [6.07, 6.45) is 1.70. The van der Waals surface area contributed by atoms with Gasteiger partial charge < -0.3 is 14.2 Å². The van der Waals surface area contributed by atoms with E-state index in [0.29, 0.717) is 18.1 Å². The molecule has 8 nitrogen and oxygen atoms in total. The van der Waals surface area contributed by atoms with Crippen molar-refractivity contribution in [2.24, 2.45) is 7.05 Å². The minimum Gasteiger partial charge on any atom is -0.365 e. The summed E-state index contributed by atoms with van der Waals surface area (Å²) in [5.74, 6) is 0.567. The van der Waals surface area contributed by atoms with E-state index >= 15 is 0 Å². The van der Waals surface area contributed by atoms with E-state index in [2.05, 4.69) is 20.2 Å². The van der Waals surface area contributed by atoms with Gasteiger partial charge >= 0.3 is 0 Å². The Bertz CT molecular complexity index is 833. The zero-order valence-electron chi connectivity index (χ0n) is 12.2. The van der Waals surface area contributed by atoms with Crippen molar-refractivity contribution in [3.05, 3.63) is 52.0 Å². The van der Waals surface area contributed by atoms with Crippen molar-refractivity contribution in [2.75, 3.05) is 0 Å². The molecule has 0 aliphatic rings. The predicted octanol–water partition coefficient (Wildman–Crippen LogP) is 1.18. The molecule has 0 atom stereocenters. The monoisotopic (exact) mass is 301 g/mol. The molecule has 0 aromatic carbocycles. The van der Waals surface area contributed by atoms with Crippen LogP contribution in [0.5, 0.6) is 0 Å². The van der Waals surface area contributed by atoms with Gasteiger partial charge in [-0.05, 0) is 25.1 Å². The smallest absolute Gasteiger partial charge is 0.259 e. The first-order valence-electron chi connectivity index (χ1n) is 6.71. The highest BCUT2D eigenvalue weighted by Crippen LogP contribution is 2.12. The Kier molecular flexibility index (Phi) is 3.84.